The molecule has 5 heteroatoms. The maximum atomic E-state index is 13.2. The Hall–Kier alpha value is -2.82. The van der Waals surface area contributed by atoms with Gasteiger partial charge in [0, 0.05) is 31.0 Å². The summed E-state index contributed by atoms with van der Waals surface area (Å²) in [6.45, 7) is 1.60. The summed E-state index contributed by atoms with van der Waals surface area (Å²) < 4.78 is 10.9. The molecule has 1 aliphatic heterocycles. The van der Waals surface area contributed by atoms with E-state index in [1.807, 2.05) is 23.1 Å². The summed E-state index contributed by atoms with van der Waals surface area (Å²) >= 11 is 0. The number of amides is 1. The van der Waals surface area contributed by atoms with Crippen LogP contribution in [-0.4, -0.2) is 29.1 Å². The van der Waals surface area contributed by atoms with Crippen LogP contribution in [0.4, 0.5) is 0 Å². The van der Waals surface area contributed by atoms with Crippen LogP contribution in [0.25, 0.3) is 0 Å². The number of pyridine rings is 1. The molecule has 2 aliphatic carbocycles. The van der Waals surface area contributed by atoms with Crippen molar-refractivity contribution in [3.05, 3.63) is 66.0 Å². The van der Waals surface area contributed by atoms with Crippen LogP contribution in [0.1, 0.15) is 28.8 Å². The molecule has 5 rings (SSSR count). The van der Waals surface area contributed by atoms with Gasteiger partial charge in [-0.05, 0) is 60.4 Å². The number of allylic oxidation sites excluding steroid dienone is 2. The van der Waals surface area contributed by atoms with Crippen molar-refractivity contribution < 1.29 is 14.3 Å². The Bertz CT molecular complexity index is 880. The van der Waals surface area contributed by atoms with Gasteiger partial charge in [0.15, 0.2) is 11.5 Å². The van der Waals surface area contributed by atoms with Crippen molar-refractivity contribution in [1.82, 2.24) is 9.88 Å². The zero-order valence-corrected chi connectivity index (χ0v) is 15.1. The lowest BCUT2D eigenvalue weighted by molar-refractivity contribution is 0.0704. The summed E-state index contributed by atoms with van der Waals surface area (Å²) in [5, 5.41) is 0. The van der Waals surface area contributed by atoms with Crippen LogP contribution < -0.4 is 9.47 Å². The fourth-order valence-corrected chi connectivity index (χ4v) is 4.54. The Balaban J connectivity index is 1.39. The Kier molecular flexibility index (Phi) is 4.07. The van der Waals surface area contributed by atoms with E-state index >= 15 is 0 Å². The van der Waals surface area contributed by atoms with Crippen molar-refractivity contribution in [3.63, 3.8) is 0 Å². The number of aromatic nitrogens is 1. The molecule has 138 valence electrons. The Labute approximate surface area is 158 Å². The van der Waals surface area contributed by atoms with Gasteiger partial charge in [-0.3, -0.25) is 9.78 Å². The zero-order chi connectivity index (χ0) is 18.2. The van der Waals surface area contributed by atoms with E-state index in [4.69, 9.17) is 9.47 Å². The smallest absolute Gasteiger partial charge is 0.254 e. The largest absolute Gasteiger partial charge is 0.454 e. The minimum absolute atomic E-state index is 0.0572. The van der Waals surface area contributed by atoms with Crippen LogP contribution in [0.3, 0.4) is 0 Å². The molecule has 0 radical (unpaired) electrons. The van der Waals surface area contributed by atoms with E-state index in [-0.39, 0.29) is 12.7 Å². The van der Waals surface area contributed by atoms with Gasteiger partial charge >= 0.3 is 0 Å². The van der Waals surface area contributed by atoms with Gasteiger partial charge in [0.25, 0.3) is 5.91 Å². The second-order valence-corrected chi connectivity index (χ2v) is 7.65. The third kappa shape index (κ3) is 3.18. The van der Waals surface area contributed by atoms with E-state index in [1.54, 1.807) is 24.5 Å². The van der Waals surface area contributed by atoms with E-state index in [1.165, 1.54) is 12.8 Å². The van der Waals surface area contributed by atoms with Crippen LogP contribution in [-0.2, 0) is 6.54 Å². The SMILES string of the molecule is O=C(c1ccncc1)N(Cc1ccc2c(c1)OCO2)C[C@@H]1C[C@H]2C=C[C@H]1C2. The summed E-state index contributed by atoms with van der Waals surface area (Å²) in [6.07, 6.45) is 10.5. The van der Waals surface area contributed by atoms with Gasteiger partial charge in [-0.15, -0.1) is 0 Å². The van der Waals surface area contributed by atoms with Crippen molar-refractivity contribution in [1.29, 1.82) is 0 Å². The summed E-state index contributed by atoms with van der Waals surface area (Å²) in [7, 11) is 0. The van der Waals surface area contributed by atoms with Crippen molar-refractivity contribution in [2.45, 2.75) is 19.4 Å². The fourth-order valence-electron chi connectivity index (χ4n) is 4.54. The maximum absolute atomic E-state index is 13.2. The number of rotatable bonds is 5. The highest BCUT2D eigenvalue weighted by Crippen LogP contribution is 2.44. The van der Waals surface area contributed by atoms with Crippen LogP contribution in [0.2, 0.25) is 0 Å². The number of hydrogen-bond acceptors (Lipinski definition) is 4. The Morgan fingerprint density at radius 2 is 1.93 bits per heavy atom. The number of ether oxygens (including phenoxy) is 2. The predicted molar refractivity (Wildman–Crippen MR) is 100 cm³/mol. The highest BCUT2D eigenvalue weighted by Gasteiger charge is 2.37. The molecule has 2 bridgehead atoms. The standard InChI is InChI=1S/C22H22N2O3/c25-22(17-5-7-23-8-6-17)24(13-19-10-15-1-3-18(19)9-15)12-16-2-4-20-21(11-16)27-14-26-20/h1-8,11,15,18-19H,9-10,12-14H2/t15-,18-,19-/m0/s1. The molecule has 0 N–H and O–H groups in total. The average Bonchev–Trinajstić information content (AvgIpc) is 3.44. The number of benzene rings is 1. The second kappa shape index (κ2) is 6.72. The molecule has 1 aromatic carbocycles. The first-order chi connectivity index (χ1) is 13.3. The minimum atomic E-state index is 0.0572. The number of nitrogens with zero attached hydrogens (tertiary/aromatic N) is 2. The molecule has 1 fully saturated rings. The molecule has 3 aliphatic rings. The molecule has 0 spiro atoms. The molecule has 1 amide bonds. The van der Waals surface area contributed by atoms with Crippen LogP contribution >= 0.6 is 0 Å². The normalized spacial score (nSPS) is 24.4. The monoisotopic (exact) mass is 362 g/mol. The summed E-state index contributed by atoms with van der Waals surface area (Å²) in [4.78, 5) is 19.2. The molecule has 3 atom stereocenters. The van der Waals surface area contributed by atoms with E-state index in [0.717, 1.165) is 23.6 Å². The third-order valence-corrected chi connectivity index (χ3v) is 5.90. The summed E-state index contributed by atoms with van der Waals surface area (Å²) in [5.41, 5.74) is 1.74. The molecular weight excluding hydrogens is 340 g/mol. The maximum Gasteiger partial charge on any atom is 0.254 e. The average molecular weight is 362 g/mol. The first-order valence-corrected chi connectivity index (χ1v) is 9.52. The lowest BCUT2D eigenvalue weighted by atomic mass is 9.92. The van der Waals surface area contributed by atoms with E-state index in [0.29, 0.717) is 29.9 Å². The van der Waals surface area contributed by atoms with Gasteiger partial charge in [-0.1, -0.05) is 18.2 Å². The molecule has 0 saturated heterocycles. The fraction of sp³-hybridized carbons (Fsp3) is 0.364. The van der Waals surface area contributed by atoms with Gasteiger partial charge < -0.3 is 14.4 Å². The molecular formula is C22H22N2O3. The van der Waals surface area contributed by atoms with E-state index in [9.17, 15) is 4.79 Å². The molecule has 1 aromatic heterocycles. The topological polar surface area (TPSA) is 51.7 Å². The van der Waals surface area contributed by atoms with Crippen molar-refractivity contribution >= 4 is 5.91 Å². The van der Waals surface area contributed by atoms with Gasteiger partial charge in [-0.2, -0.15) is 0 Å². The van der Waals surface area contributed by atoms with Gasteiger partial charge in [0.2, 0.25) is 6.79 Å². The molecule has 2 heterocycles. The van der Waals surface area contributed by atoms with Gasteiger partial charge in [0.05, 0.1) is 0 Å². The van der Waals surface area contributed by atoms with Crippen molar-refractivity contribution in [2.24, 2.45) is 17.8 Å². The molecule has 0 unspecified atom stereocenters. The molecule has 27 heavy (non-hydrogen) atoms. The van der Waals surface area contributed by atoms with Gasteiger partial charge in [0.1, 0.15) is 0 Å². The number of carbonyl (C=O) groups excluding carboxylic acids is 1. The Morgan fingerprint density at radius 3 is 2.70 bits per heavy atom. The second-order valence-electron chi connectivity index (χ2n) is 7.65. The van der Waals surface area contributed by atoms with E-state index in [2.05, 4.69) is 17.1 Å². The van der Waals surface area contributed by atoms with Crippen LogP contribution in [0, 0.1) is 17.8 Å². The van der Waals surface area contributed by atoms with Gasteiger partial charge in [-0.25, -0.2) is 0 Å². The summed E-state index contributed by atoms with van der Waals surface area (Å²) in [5.74, 6) is 3.43. The lowest BCUT2D eigenvalue weighted by Gasteiger charge is -2.29. The van der Waals surface area contributed by atoms with Crippen molar-refractivity contribution in [3.8, 4) is 11.5 Å². The molecule has 5 nitrogen and oxygen atoms in total. The highest BCUT2D eigenvalue weighted by molar-refractivity contribution is 5.94. The number of hydrogen-bond donors (Lipinski definition) is 0. The highest BCUT2D eigenvalue weighted by atomic mass is 16.7. The predicted octanol–water partition coefficient (Wildman–Crippen LogP) is 3.66. The van der Waals surface area contributed by atoms with Crippen LogP contribution in [0.15, 0.2) is 54.9 Å². The quantitative estimate of drug-likeness (QED) is 0.762. The minimum Gasteiger partial charge on any atom is -0.454 e. The molecule has 1 saturated carbocycles. The first kappa shape index (κ1) is 16.4. The summed E-state index contributed by atoms with van der Waals surface area (Å²) in [6, 6.07) is 9.50. The number of fused-ring (bicyclic) bond motifs is 3. The number of carbonyl (C=O) groups is 1. The van der Waals surface area contributed by atoms with Crippen molar-refractivity contribution in [2.75, 3.05) is 13.3 Å². The van der Waals surface area contributed by atoms with Crippen LogP contribution in [0.5, 0.6) is 11.5 Å². The third-order valence-electron chi connectivity index (χ3n) is 5.90. The first-order valence-electron chi connectivity index (χ1n) is 9.52. The zero-order valence-electron chi connectivity index (χ0n) is 15.1. The molecule has 2 aromatic rings. The Morgan fingerprint density at radius 1 is 1.07 bits per heavy atom. The van der Waals surface area contributed by atoms with E-state index < -0.39 is 0 Å². The lowest BCUT2D eigenvalue weighted by Crippen LogP contribution is -2.36.